The molecule has 3 aliphatic rings. The van der Waals surface area contributed by atoms with Crippen molar-refractivity contribution in [3.63, 3.8) is 0 Å². The normalized spacial score (nSPS) is 38.8. The first-order chi connectivity index (χ1) is 8.55. The van der Waals surface area contributed by atoms with Crippen molar-refractivity contribution in [3.8, 4) is 0 Å². The summed E-state index contributed by atoms with van der Waals surface area (Å²) >= 11 is 0. The first-order valence-corrected chi connectivity index (χ1v) is 8.04. The number of nitrogens with zero attached hydrogens (tertiary/aromatic N) is 1. The number of hydrogen-bond acceptors (Lipinski definition) is 2. The van der Waals surface area contributed by atoms with Gasteiger partial charge in [-0.05, 0) is 56.8 Å². The van der Waals surface area contributed by atoms with Crippen LogP contribution in [0.2, 0.25) is 0 Å². The van der Waals surface area contributed by atoms with E-state index in [9.17, 15) is 0 Å². The molecule has 18 heavy (non-hydrogen) atoms. The van der Waals surface area contributed by atoms with Crippen molar-refractivity contribution in [3.05, 3.63) is 0 Å². The molecule has 0 aromatic rings. The smallest absolute Gasteiger partial charge is 0.0224 e. The zero-order valence-corrected chi connectivity index (χ0v) is 12.4. The van der Waals surface area contributed by atoms with Gasteiger partial charge in [0.2, 0.25) is 0 Å². The average molecular weight is 250 g/mol. The maximum absolute atomic E-state index is 3.77. The van der Waals surface area contributed by atoms with Crippen LogP contribution in [0.1, 0.15) is 59.3 Å². The maximum Gasteiger partial charge on any atom is 0.0224 e. The molecule has 0 spiro atoms. The summed E-state index contributed by atoms with van der Waals surface area (Å²) in [7, 11) is 0. The van der Waals surface area contributed by atoms with Gasteiger partial charge < -0.3 is 5.32 Å². The van der Waals surface area contributed by atoms with Crippen LogP contribution in [0, 0.1) is 11.3 Å². The van der Waals surface area contributed by atoms with Crippen LogP contribution in [0.5, 0.6) is 0 Å². The summed E-state index contributed by atoms with van der Waals surface area (Å²) in [6.45, 7) is 9.82. The van der Waals surface area contributed by atoms with Gasteiger partial charge in [-0.25, -0.2) is 0 Å². The minimum absolute atomic E-state index is 0.601. The maximum atomic E-state index is 3.77. The van der Waals surface area contributed by atoms with E-state index in [1.165, 1.54) is 51.6 Å². The van der Waals surface area contributed by atoms with Crippen LogP contribution in [0.4, 0.5) is 0 Å². The van der Waals surface area contributed by atoms with E-state index >= 15 is 0 Å². The van der Waals surface area contributed by atoms with Crippen molar-refractivity contribution in [1.29, 1.82) is 0 Å². The fraction of sp³-hybridized carbons (Fsp3) is 1.00. The highest BCUT2D eigenvalue weighted by Crippen LogP contribution is 2.39. The predicted octanol–water partition coefficient (Wildman–Crippen LogP) is 3.03. The van der Waals surface area contributed by atoms with Crippen molar-refractivity contribution in [1.82, 2.24) is 10.2 Å². The van der Waals surface area contributed by atoms with Crippen LogP contribution in [-0.2, 0) is 0 Å². The topological polar surface area (TPSA) is 15.3 Å². The fourth-order valence-corrected chi connectivity index (χ4v) is 3.95. The predicted molar refractivity (Wildman–Crippen MR) is 76.7 cm³/mol. The van der Waals surface area contributed by atoms with E-state index in [-0.39, 0.29) is 0 Å². The molecule has 2 saturated carbocycles. The number of hydrogen-bond donors (Lipinski definition) is 1. The third-order valence-electron chi connectivity index (χ3n) is 5.62. The Labute approximate surface area is 113 Å². The molecule has 1 aliphatic heterocycles. The molecule has 2 atom stereocenters. The van der Waals surface area contributed by atoms with E-state index in [4.69, 9.17) is 0 Å². The molecule has 2 nitrogen and oxygen atoms in total. The minimum atomic E-state index is 0.601. The van der Waals surface area contributed by atoms with Crippen LogP contribution in [0.15, 0.2) is 0 Å². The van der Waals surface area contributed by atoms with Crippen LogP contribution in [0.3, 0.4) is 0 Å². The molecular weight excluding hydrogens is 220 g/mol. The second-order valence-corrected chi connectivity index (χ2v) is 7.79. The Bertz CT molecular complexity index is 285. The molecule has 1 N–H and O–H groups in total. The standard InChI is InChI=1S/C16H30N2/c1-12-10-17-15(13-4-5-13)11-18(12)14-6-8-16(2,3)9-7-14/h12-15,17H,4-11H2,1-3H3. The number of nitrogens with one attached hydrogen (secondary N) is 1. The minimum Gasteiger partial charge on any atom is -0.311 e. The van der Waals surface area contributed by atoms with E-state index in [0.717, 1.165) is 24.0 Å². The zero-order valence-electron chi connectivity index (χ0n) is 12.4. The Hall–Kier alpha value is -0.0800. The molecule has 0 aromatic heterocycles. The average Bonchev–Trinajstić information content (AvgIpc) is 3.14. The zero-order chi connectivity index (χ0) is 12.8. The molecule has 2 heteroatoms. The van der Waals surface area contributed by atoms with Crippen molar-refractivity contribution < 1.29 is 0 Å². The summed E-state index contributed by atoms with van der Waals surface area (Å²) in [4.78, 5) is 2.84. The van der Waals surface area contributed by atoms with Gasteiger partial charge in [-0.2, -0.15) is 0 Å². The van der Waals surface area contributed by atoms with Gasteiger partial charge in [0.25, 0.3) is 0 Å². The van der Waals surface area contributed by atoms with E-state index in [1.54, 1.807) is 0 Å². The molecule has 0 radical (unpaired) electrons. The van der Waals surface area contributed by atoms with Gasteiger partial charge in [-0.15, -0.1) is 0 Å². The highest BCUT2D eigenvalue weighted by atomic mass is 15.3. The number of piperazine rings is 1. The largest absolute Gasteiger partial charge is 0.311 e. The van der Waals surface area contributed by atoms with Gasteiger partial charge in [0, 0.05) is 31.2 Å². The summed E-state index contributed by atoms with van der Waals surface area (Å²) in [6.07, 6.45) is 8.63. The molecule has 1 saturated heterocycles. The van der Waals surface area contributed by atoms with E-state index in [0.29, 0.717) is 5.41 Å². The first kappa shape index (κ1) is 12.9. The summed E-state index contributed by atoms with van der Waals surface area (Å²) in [5.41, 5.74) is 0.601. The van der Waals surface area contributed by atoms with Crippen LogP contribution in [-0.4, -0.2) is 36.1 Å². The highest BCUT2D eigenvalue weighted by Gasteiger charge is 2.39. The Morgan fingerprint density at radius 3 is 2.33 bits per heavy atom. The van der Waals surface area contributed by atoms with Gasteiger partial charge in [0.15, 0.2) is 0 Å². The molecule has 3 rings (SSSR count). The van der Waals surface area contributed by atoms with Crippen molar-refractivity contribution in [2.75, 3.05) is 13.1 Å². The molecule has 1 heterocycles. The third kappa shape index (κ3) is 2.75. The van der Waals surface area contributed by atoms with Crippen LogP contribution in [0.25, 0.3) is 0 Å². The number of rotatable bonds is 2. The monoisotopic (exact) mass is 250 g/mol. The summed E-state index contributed by atoms with van der Waals surface area (Å²) in [5.74, 6) is 1.00. The molecule has 0 bridgehead atoms. The Morgan fingerprint density at radius 1 is 1.06 bits per heavy atom. The Balaban J connectivity index is 1.59. The fourth-order valence-electron chi connectivity index (χ4n) is 3.95. The lowest BCUT2D eigenvalue weighted by molar-refractivity contribution is 0.0431. The third-order valence-corrected chi connectivity index (χ3v) is 5.62. The van der Waals surface area contributed by atoms with Gasteiger partial charge in [-0.1, -0.05) is 13.8 Å². The molecule has 0 aromatic carbocycles. The Kier molecular flexibility index (Phi) is 3.44. The van der Waals surface area contributed by atoms with Gasteiger partial charge in [-0.3, -0.25) is 4.90 Å². The lowest BCUT2D eigenvalue weighted by Gasteiger charge is -2.47. The summed E-state index contributed by atoms with van der Waals surface area (Å²) in [5, 5.41) is 3.77. The lowest BCUT2D eigenvalue weighted by atomic mass is 9.75. The molecule has 104 valence electrons. The van der Waals surface area contributed by atoms with E-state index in [1.807, 2.05) is 0 Å². The summed E-state index contributed by atoms with van der Waals surface area (Å²) in [6, 6.07) is 2.42. The van der Waals surface area contributed by atoms with Crippen LogP contribution >= 0.6 is 0 Å². The molecule has 2 unspecified atom stereocenters. The van der Waals surface area contributed by atoms with Crippen molar-refractivity contribution in [2.45, 2.75) is 77.4 Å². The molecule has 2 aliphatic carbocycles. The van der Waals surface area contributed by atoms with Gasteiger partial charge in [0.05, 0.1) is 0 Å². The molecule has 0 amide bonds. The van der Waals surface area contributed by atoms with Gasteiger partial charge >= 0.3 is 0 Å². The SMILES string of the molecule is CC1CNC(C2CC2)CN1C1CCC(C)(C)CC1. The van der Waals surface area contributed by atoms with Crippen LogP contribution < -0.4 is 5.32 Å². The second-order valence-electron chi connectivity index (χ2n) is 7.79. The molecular formula is C16H30N2. The van der Waals surface area contributed by atoms with Crippen molar-refractivity contribution in [2.24, 2.45) is 11.3 Å². The lowest BCUT2D eigenvalue weighted by Crippen LogP contribution is -2.59. The highest BCUT2D eigenvalue weighted by molar-refractivity contribution is 4.96. The molecule has 3 fully saturated rings. The van der Waals surface area contributed by atoms with E-state index < -0.39 is 0 Å². The second kappa shape index (κ2) is 4.79. The van der Waals surface area contributed by atoms with E-state index in [2.05, 4.69) is 31.0 Å². The summed E-state index contributed by atoms with van der Waals surface area (Å²) < 4.78 is 0. The first-order valence-electron chi connectivity index (χ1n) is 8.04. The Morgan fingerprint density at radius 2 is 1.72 bits per heavy atom. The van der Waals surface area contributed by atoms with Crippen molar-refractivity contribution >= 4 is 0 Å². The quantitative estimate of drug-likeness (QED) is 0.810. The van der Waals surface area contributed by atoms with Gasteiger partial charge in [0.1, 0.15) is 0 Å².